The smallest absolute Gasteiger partial charge is 0.292 e. The Labute approximate surface area is 162 Å². The van der Waals surface area contributed by atoms with Gasteiger partial charge < -0.3 is 9.73 Å². The lowest BCUT2D eigenvalue weighted by Crippen LogP contribution is -2.16. The van der Waals surface area contributed by atoms with Gasteiger partial charge in [0, 0.05) is 10.6 Å². The van der Waals surface area contributed by atoms with Crippen molar-refractivity contribution in [3.8, 4) is 5.69 Å². The first-order chi connectivity index (χ1) is 12.3. The summed E-state index contributed by atoms with van der Waals surface area (Å²) in [7, 11) is -3.27. The summed E-state index contributed by atoms with van der Waals surface area (Å²) < 4.78 is 31.1. The molecule has 0 radical (unpaired) electrons. The number of hydrogen-bond acceptors (Lipinski definition) is 5. The average Bonchev–Trinajstić information content (AvgIpc) is 3.21. The third-order valence-corrected chi connectivity index (χ3v) is 5.97. The van der Waals surface area contributed by atoms with E-state index in [-0.39, 0.29) is 17.3 Å². The predicted molar refractivity (Wildman–Crippen MR) is 99.3 cm³/mol. The van der Waals surface area contributed by atoms with Crippen molar-refractivity contribution in [2.75, 3.05) is 5.32 Å². The first-order valence-electron chi connectivity index (χ1n) is 7.46. The molecule has 0 bridgehead atoms. The van der Waals surface area contributed by atoms with Crippen LogP contribution in [0.4, 0.5) is 5.82 Å². The molecule has 1 aliphatic rings. The Bertz CT molecular complexity index is 1140. The minimum absolute atomic E-state index is 0.0883. The van der Waals surface area contributed by atoms with Gasteiger partial charge in [-0.3, -0.25) is 4.79 Å². The van der Waals surface area contributed by atoms with Crippen LogP contribution < -0.4 is 5.32 Å². The zero-order valence-electron chi connectivity index (χ0n) is 13.1. The molecule has 1 aromatic carbocycles. The lowest BCUT2D eigenvalue weighted by atomic mass is 10.2. The Morgan fingerprint density at radius 3 is 2.77 bits per heavy atom. The number of rotatable bonds is 3. The number of carbonyl (C=O) groups is 1. The monoisotopic (exact) mass is 455 g/mol. The predicted octanol–water partition coefficient (Wildman–Crippen LogP) is 3.56. The standard InChI is InChI=1S/C16H11BrClN3O4S/c17-14-5-4-13(25-14)16(22)19-15-11-7-26(23,24)8-12(11)20-21(15)10-3-1-2-9(18)6-10/h1-6H,7-8H2,(H,19,22). The molecule has 3 heterocycles. The maximum Gasteiger partial charge on any atom is 0.292 e. The Morgan fingerprint density at radius 2 is 2.08 bits per heavy atom. The van der Waals surface area contributed by atoms with Crippen molar-refractivity contribution < 1.29 is 17.6 Å². The van der Waals surface area contributed by atoms with E-state index >= 15 is 0 Å². The molecular formula is C16H11BrClN3O4S. The molecule has 0 saturated carbocycles. The van der Waals surface area contributed by atoms with E-state index in [2.05, 4.69) is 26.3 Å². The van der Waals surface area contributed by atoms with E-state index < -0.39 is 15.7 Å². The van der Waals surface area contributed by atoms with E-state index in [9.17, 15) is 13.2 Å². The number of sulfone groups is 1. The van der Waals surface area contributed by atoms with Crippen LogP contribution in [0.25, 0.3) is 5.69 Å². The largest absolute Gasteiger partial charge is 0.444 e. The molecule has 3 aromatic rings. The fourth-order valence-corrected chi connectivity index (χ4v) is 4.76. The van der Waals surface area contributed by atoms with Gasteiger partial charge in [0.05, 0.1) is 22.9 Å². The summed E-state index contributed by atoms with van der Waals surface area (Å²) in [5, 5.41) is 7.59. The van der Waals surface area contributed by atoms with Gasteiger partial charge in [0.25, 0.3) is 5.91 Å². The highest BCUT2D eigenvalue weighted by Gasteiger charge is 2.33. The quantitative estimate of drug-likeness (QED) is 0.650. The number of halogens is 2. The summed E-state index contributed by atoms with van der Waals surface area (Å²) in [4.78, 5) is 12.5. The molecule has 26 heavy (non-hydrogen) atoms. The van der Waals surface area contributed by atoms with E-state index in [4.69, 9.17) is 16.0 Å². The number of nitrogens with one attached hydrogen (secondary N) is 1. The molecular weight excluding hydrogens is 446 g/mol. The second-order valence-corrected chi connectivity index (χ2v) is 9.04. The molecule has 10 heteroatoms. The lowest BCUT2D eigenvalue weighted by Gasteiger charge is -2.10. The topological polar surface area (TPSA) is 94.2 Å². The lowest BCUT2D eigenvalue weighted by molar-refractivity contribution is 0.0994. The number of fused-ring (bicyclic) bond motifs is 1. The van der Waals surface area contributed by atoms with Gasteiger partial charge in [-0.05, 0) is 46.3 Å². The number of furan rings is 1. The fourth-order valence-electron chi connectivity index (χ4n) is 2.77. The molecule has 1 amide bonds. The minimum Gasteiger partial charge on any atom is -0.444 e. The van der Waals surface area contributed by atoms with Crippen molar-refractivity contribution in [1.82, 2.24) is 9.78 Å². The summed E-state index contributed by atoms with van der Waals surface area (Å²) in [5.41, 5.74) is 1.50. The first kappa shape index (κ1) is 17.3. The van der Waals surface area contributed by atoms with Crippen LogP contribution in [-0.2, 0) is 21.3 Å². The molecule has 4 rings (SSSR count). The van der Waals surface area contributed by atoms with Gasteiger partial charge in [0.15, 0.2) is 20.3 Å². The van der Waals surface area contributed by atoms with Crippen molar-refractivity contribution in [2.24, 2.45) is 0 Å². The number of carbonyl (C=O) groups excluding carboxylic acids is 1. The minimum atomic E-state index is -3.27. The van der Waals surface area contributed by atoms with Crippen LogP contribution in [-0.4, -0.2) is 24.1 Å². The van der Waals surface area contributed by atoms with Gasteiger partial charge in [0.1, 0.15) is 5.82 Å². The Morgan fingerprint density at radius 1 is 1.27 bits per heavy atom. The van der Waals surface area contributed by atoms with E-state index in [0.717, 1.165) is 0 Å². The van der Waals surface area contributed by atoms with Crippen LogP contribution in [0.1, 0.15) is 21.8 Å². The van der Waals surface area contributed by atoms with Crippen LogP contribution in [0.2, 0.25) is 5.02 Å². The van der Waals surface area contributed by atoms with Crippen LogP contribution in [0.5, 0.6) is 0 Å². The van der Waals surface area contributed by atoms with Gasteiger partial charge >= 0.3 is 0 Å². The summed E-state index contributed by atoms with van der Waals surface area (Å²) >= 11 is 9.19. The fraction of sp³-hybridized carbons (Fsp3) is 0.125. The number of benzene rings is 1. The molecule has 0 aliphatic carbocycles. The maximum atomic E-state index is 12.5. The molecule has 0 atom stereocenters. The molecule has 7 nitrogen and oxygen atoms in total. The van der Waals surface area contributed by atoms with Gasteiger partial charge in [-0.1, -0.05) is 17.7 Å². The third-order valence-electron chi connectivity index (χ3n) is 3.87. The molecule has 0 unspecified atom stereocenters. The molecule has 1 aliphatic heterocycles. The van der Waals surface area contributed by atoms with E-state index in [1.165, 1.54) is 10.7 Å². The van der Waals surface area contributed by atoms with Crippen LogP contribution in [0, 0.1) is 0 Å². The van der Waals surface area contributed by atoms with Gasteiger partial charge in [-0.25, -0.2) is 13.1 Å². The Kier molecular flexibility index (Phi) is 4.17. The summed E-state index contributed by atoms with van der Waals surface area (Å²) in [5.74, 6) is -0.469. The second-order valence-electron chi connectivity index (χ2n) is 5.76. The SMILES string of the molecule is O=C(Nc1c2c(nn1-c1cccc(Cl)c1)CS(=O)(=O)C2)c1ccc(Br)o1. The van der Waals surface area contributed by atoms with Crippen LogP contribution >= 0.6 is 27.5 Å². The molecule has 0 saturated heterocycles. The molecule has 1 N–H and O–H groups in total. The number of amides is 1. The van der Waals surface area contributed by atoms with Crippen LogP contribution in [0.3, 0.4) is 0 Å². The van der Waals surface area contributed by atoms with Crippen LogP contribution in [0.15, 0.2) is 45.5 Å². The summed E-state index contributed by atoms with van der Waals surface area (Å²) in [6.07, 6.45) is 0. The summed E-state index contributed by atoms with van der Waals surface area (Å²) in [6, 6.07) is 10.0. The van der Waals surface area contributed by atoms with Gasteiger partial charge in [-0.2, -0.15) is 5.10 Å². The normalized spacial score (nSPS) is 15.0. The van der Waals surface area contributed by atoms with E-state index in [1.807, 2.05) is 0 Å². The maximum absolute atomic E-state index is 12.5. The average molecular weight is 457 g/mol. The van der Waals surface area contributed by atoms with E-state index in [1.54, 1.807) is 30.3 Å². The summed E-state index contributed by atoms with van der Waals surface area (Å²) in [6.45, 7) is 0. The zero-order chi connectivity index (χ0) is 18.5. The highest BCUT2D eigenvalue weighted by molar-refractivity contribution is 9.10. The van der Waals surface area contributed by atoms with Crippen molar-refractivity contribution in [3.63, 3.8) is 0 Å². The zero-order valence-corrected chi connectivity index (χ0v) is 16.2. The molecule has 134 valence electrons. The highest BCUT2D eigenvalue weighted by Crippen LogP contribution is 2.33. The number of aromatic nitrogens is 2. The third kappa shape index (κ3) is 3.17. The van der Waals surface area contributed by atoms with Gasteiger partial charge in [-0.15, -0.1) is 0 Å². The van der Waals surface area contributed by atoms with Crippen molar-refractivity contribution in [1.29, 1.82) is 0 Å². The Balaban J connectivity index is 1.80. The molecule has 0 fully saturated rings. The van der Waals surface area contributed by atoms with Gasteiger partial charge in [0.2, 0.25) is 0 Å². The van der Waals surface area contributed by atoms with Crippen molar-refractivity contribution in [3.05, 3.63) is 63.1 Å². The number of anilines is 1. The van der Waals surface area contributed by atoms with Crippen molar-refractivity contribution in [2.45, 2.75) is 11.5 Å². The highest BCUT2D eigenvalue weighted by atomic mass is 79.9. The Hall–Kier alpha value is -2.10. The number of hydrogen-bond donors (Lipinski definition) is 1. The molecule has 2 aromatic heterocycles. The first-order valence-corrected chi connectivity index (χ1v) is 10.5. The molecule has 0 spiro atoms. The van der Waals surface area contributed by atoms with E-state index in [0.29, 0.717) is 32.5 Å². The van der Waals surface area contributed by atoms with Crippen molar-refractivity contribution >= 4 is 49.1 Å². The second kappa shape index (κ2) is 6.26. The number of nitrogens with zero attached hydrogens (tertiary/aromatic N) is 2.